The normalized spacial score (nSPS) is 13.0. The highest BCUT2D eigenvalue weighted by molar-refractivity contribution is 9.09. The Morgan fingerprint density at radius 2 is 1.69 bits per heavy atom. The average molecular weight is 315 g/mol. The first-order valence-corrected chi connectivity index (χ1v) is 8.11. The van der Waals surface area contributed by atoms with E-state index in [-0.39, 0.29) is 6.04 Å². The Bertz CT molecular complexity index is 281. The summed E-state index contributed by atoms with van der Waals surface area (Å²) >= 11 is 3.36. The summed E-state index contributed by atoms with van der Waals surface area (Å²) in [6, 6.07) is -0.00464. The third-order valence-electron chi connectivity index (χ3n) is 2.59. The van der Waals surface area contributed by atoms with Gasteiger partial charge in [0.2, 0.25) is 0 Å². The van der Waals surface area contributed by atoms with Crippen molar-refractivity contribution in [2.75, 3.05) is 26.0 Å². The van der Waals surface area contributed by atoms with Gasteiger partial charge < -0.3 is 0 Å². The van der Waals surface area contributed by atoms with Crippen LogP contribution in [0.5, 0.6) is 0 Å². The van der Waals surface area contributed by atoms with Gasteiger partial charge in [-0.05, 0) is 26.7 Å². The van der Waals surface area contributed by atoms with Gasteiger partial charge in [-0.3, -0.25) is 0 Å². The van der Waals surface area contributed by atoms with E-state index in [1.807, 2.05) is 13.8 Å². The molecule has 0 aromatic rings. The second kappa shape index (κ2) is 7.63. The van der Waals surface area contributed by atoms with Crippen LogP contribution in [-0.4, -0.2) is 49.0 Å². The van der Waals surface area contributed by atoms with Gasteiger partial charge in [-0.1, -0.05) is 22.4 Å². The summed E-state index contributed by atoms with van der Waals surface area (Å²) in [5, 5.41) is 0.982. The van der Waals surface area contributed by atoms with E-state index in [1.165, 1.54) is 8.61 Å². The van der Waals surface area contributed by atoms with Crippen molar-refractivity contribution < 1.29 is 8.42 Å². The van der Waals surface area contributed by atoms with Crippen LogP contribution >= 0.6 is 15.9 Å². The fourth-order valence-electron chi connectivity index (χ4n) is 1.21. The Morgan fingerprint density at radius 3 is 2.12 bits per heavy atom. The summed E-state index contributed by atoms with van der Waals surface area (Å²) in [6.07, 6.45) is 3.05. The van der Waals surface area contributed by atoms with Crippen LogP contribution in [0, 0.1) is 0 Å². The maximum Gasteiger partial charge on any atom is 0.281 e. The van der Waals surface area contributed by atoms with E-state index < -0.39 is 10.2 Å². The lowest BCUT2D eigenvalue weighted by Gasteiger charge is -2.26. The van der Waals surface area contributed by atoms with Crippen LogP contribution in [-0.2, 0) is 10.2 Å². The fraction of sp³-hybridized carbons (Fsp3) is 1.00. The first kappa shape index (κ1) is 16.4. The van der Waals surface area contributed by atoms with Gasteiger partial charge >= 0.3 is 0 Å². The molecule has 0 bridgehead atoms. The largest absolute Gasteiger partial charge is 0.281 e. The van der Waals surface area contributed by atoms with Crippen LogP contribution in [0.3, 0.4) is 0 Å². The molecule has 0 radical (unpaired) electrons. The second-order valence-corrected chi connectivity index (χ2v) is 7.08. The standard InChI is InChI=1S/C10H23BrN2O2S/c1-10(2)13(4)16(14,15)12(3)9-7-5-6-8-11/h10H,5-9H2,1-4H3. The van der Waals surface area contributed by atoms with Crippen molar-refractivity contribution in [2.24, 2.45) is 0 Å². The van der Waals surface area contributed by atoms with Crippen LogP contribution in [0.15, 0.2) is 0 Å². The molecule has 0 fully saturated rings. The zero-order valence-electron chi connectivity index (χ0n) is 10.6. The molecule has 16 heavy (non-hydrogen) atoms. The van der Waals surface area contributed by atoms with Gasteiger partial charge in [0, 0.05) is 32.0 Å². The first-order chi connectivity index (χ1) is 7.34. The molecule has 0 atom stereocenters. The molecule has 0 saturated carbocycles. The van der Waals surface area contributed by atoms with Crippen molar-refractivity contribution in [3.63, 3.8) is 0 Å². The summed E-state index contributed by atoms with van der Waals surface area (Å²) in [7, 11) is -0.00924. The van der Waals surface area contributed by atoms with Gasteiger partial charge in [0.15, 0.2) is 0 Å². The molecule has 0 unspecified atom stereocenters. The average Bonchev–Trinajstić information content (AvgIpc) is 2.22. The van der Waals surface area contributed by atoms with Gasteiger partial charge in [0.1, 0.15) is 0 Å². The number of alkyl halides is 1. The fourth-order valence-corrected chi connectivity index (χ4v) is 2.94. The minimum atomic E-state index is -3.27. The van der Waals surface area contributed by atoms with Crippen LogP contribution < -0.4 is 0 Å². The maximum absolute atomic E-state index is 12.0. The summed E-state index contributed by atoms with van der Waals surface area (Å²) in [4.78, 5) is 0. The lowest BCUT2D eigenvalue weighted by molar-refractivity contribution is 0.354. The van der Waals surface area contributed by atoms with Gasteiger partial charge in [-0.15, -0.1) is 0 Å². The molecular weight excluding hydrogens is 292 g/mol. The predicted octanol–water partition coefficient (Wildman–Crippen LogP) is 2.07. The van der Waals surface area contributed by atoms with E-state index in [0.717, 1.165) is 24.6 Å². The summed E-state index contributed by atoms with van der Waals surface area (Å²) in [6.45, 7) is 4.33. The van der Waals surface area contributed by atoms with Crippen molar-refractivity contribution in [1.29, 1.82) is 0 Å². The van der Waals surface area contributed by atoms with Crippen molar-refractivity contribution in [1.82, 2.24) is 8.61 Å². The first-order valence-electron chi connectivity index (χ1n) is 5.59. The maximum atomic E-state index is 12.0. The number of hydrogen-bond donors (Lipinski definition) is 0. The monoisotopic (exact) mass is 314 g/mol. The quantitative estimate of drug-likeness (QED) is 0.508. The molecule has 0 aliphatic carbocycles. The minimum absolute atomic E-state index is 0.00464. The highest BCUT2D eigenvalue weighted by Gasteiger charge is 2.24. The Balaban J connectivity index is 4.20. The van der Waals surface area contributed by atoms with Gasteiger partial charge in [0.25, 0.3) is 10.2 Å². The molecular formula is C10H23BrN2O2S. The zero-order chi connectivity index (χ0) is 12.8. The van der Waals surface area contributed by atoms with Crippen LogP contribution in [0.2, 0.25) is 0 Å². The van der Waals surface area contributed by atoms with Crippen molar-refractivity contribution >= 4 is 26.1 Å². The van der Waals surface area contributed by atoms with Crippen molar-refractivity contribution in [3.8, 4) is 0 Å². The lowest BCUT2D eigenvalue weighted by Crippen LogP contribution is -2.43. The molecule has 0 aliphatic rings. The van der Waals surface area contributed by atoms with Gasteiger partial charge in [-0.2, -0.15) is 17.0 Å². The summed E-state index contributed by atoms with van der Waals surface area (Å²) in [5.74, 6) is 0. The lowest BCUT2D eigenvalue weighted by atomic mass is 10.2. The summed E-state index contributed by atoms with van der Waals surface area (Å²) < 4.78 is 26.8. The van der Waals surface area contributed by atoms with Crippen LogP contribution in [0.4, 0.5) is 0 Å². The number of unbranched alkanes of at least 4 members (excludes halogenated alkanes) is 2. The highest BCUT2D eigenvalue weighted by Crippen LogP contribution is 2.09. The summed E-state index contributed by atoms with van der Waals surface area (Å²) in [5.41, 5.74) is 0. The molecule has 6 heteroatoms. The molecule has 0 heterocycles. The molecule has 0 saturated heterocycles. The van der Waals surface area contributed by atoms with E-state index in [4.69, 9.17) is 0 Å². The van der Waals surface area contributed by atoms with E-state index in [1.54, 1.807) is 14.1 Å². The molecule has 0 amide bonds. The Hall–Kier alpha value is 0.350. The van der Waals surface area contributed by atoms with Crippen molar-refractivity contribution in [2.45, 2.75) is 39.2 Å². The number of nitrogens with zero attached hydrogens (tertiary/aromatic N) is 2. The third kappa shape index (κ3) is 5.12. The molecule has 0 aromatic carbocycles. The zero-order valence-corrected chi connectivity index (χ0v) is 13.0. The van der Waals surface area contributed by atoms with Crippen LogP contribution in [0.1, 0.15) is 33.1 Å². The molecule has 0 spiro atoms. The predicted molar refractivity (Wildman–Crippen MR) is 72.1 cm³/mol. The molecule has 0 aromatic heterocycles. The molecule has 0 aliphatic heterocycles. The minimum Gasteiger partial charge on any atom is -0.195 e. The van der Waals surface area contributed by atoms with E-state index in [0.29, 0.717) is 6.54 Å². The van der Waals surface area contributed by atoms with E-state index in [2.05, 4.69) is 15.9 Å². The topological polar surface area (TPSA) is 40.6 Å². The molecule has 4 nitrogen and oxygen atoms in total. The Kier molecular flexibility index (Phi) is 7.80. The molecule has 0 rings (SSSR count). The SMILES string of the molecule is CC(C)N(C)S(=O)(=O)N(C)CCCCCBr. The van der Waals surface area contributed by atoms with Crippen molar-refractivity contribution in [3.05, 3.63) is 0 Å². The smallest absolute Gasteiger partial charge is 0.195 e. The second-order valence-electron chi connectivity index (χ2n) is 4.19. The number of hydrogen-bond acceptors (Lipinski definition) is 2. The van der Waals surface area contributed by atoms with Gasteiger partial charge in [0.05, 0.1) is 0 Å². The Morgan fingerprint density at radius 1 is 1.12 bits per heavy atom. The molecule has 98 valence electrons. The number of halogens is 1. The van der Waals surface area contributed by atoms with E-state index in [9.17, 15) is 8.42 Å². The molecule has 0 N–H and O–H groups in total. The van der Waals surface area contributed by atoms with Gasteiger partial charge in [-0.25, -0.2) is 0 Å². The number of rotatable bonds is 8. The highest BCUT2D eigenvalue weighted by atomic mass is 79.9. The van der Waals surface area contributed by atoms with Crippen LogP contribution in [0.25, 0.3) is 0 Å². The Labute approximate surface area is 108 Å². The van der Waals surface area contributed by atoms with E-state index >= 15 is 0 Å². The third-order valence-corrected chi connectivity index (χ3v) is 5.27.